The van der Waals surface area contributed by atoms with Gasteiger partial charge in [0.05, 0.1) is 6.42 Å². The number of hydrogen-bond acceptors (Lipinski definition) is 1. The molecule has 0 saturated heterocycles. The van der Waals surface area contributed by atoms with E-state index in [2.05, 4.69) is 6.07 Å². The van der Waals surface area contributed by atoms with Crippen molar-refractivity contribution < 1.29 is 9.90 Å². The van der Waals surface area contributed by atoms with Crippen LogP contribution in [0.15, 0.2) is 6.07 Å². The molecular weight excluding hydrogens is 200 g/mol. The molecule has 2 aliphatic carbocycles. The highest BCUT2D eigenvalue weighted by atomic mass is 16.4. The van der Waals surface area contributed by atoms with Crippen LogP contribution < -0.4 is 0 Å². The second-order valence-corrected chi connectivity index (χ2v) is 4.91. The van der Waals surface area contributed by atoms with Crippen molar-refractivity contribution in [3.63, 3.8) is 0 Å². The summed E-state index contributed by atoms with van der Waals surface area (Å²) in [4.78, 5) is 11.0. The van der Waals surface area contributed by atoms with Crippen LogP contribution in [-0.4, -0.2) is 11.1 Å². The molecule has 0 atom stereocenters. The van der Waals surface area contributed by atoms with E-state index in [9.17, 15) is 4.79 Å². The van der Waals surface area contributed by atoms with E-state index in [0.717, 1.165) is 31.2 Å². The monoisotopic (exact) mass is 216 g/mol. The first-order valence-corrected chi connectivity index (χ1v) is 6.13. The van der Waals surface area contributed by atoms with Crippen LogP contribution in [0.25, 0.3) is 0 Å². The van der Waals surface area contributed by atoms with Crippen LogP contribution in [0.2, 0.25) is 0 Å². The molecule has 0 aromatic heterocycles. The number of carboxylic acids is 1. The lowest BCUT2D eigenvalue weighted by atomic mass is 9.92. The van der Waals surface area contributed by atoms with Gasteiger partial charge in [0.1, 0.15) is 0 Å². The third-order valence-corrected chi connectivity index (χ3v) is 3.93. The number of carboxylic acid groups (broad SMARTS) is 1. The zero-order valence-electron chi connectivity index (χ0n) is 9.38. The summed E-state index contributed by atoms with van der Waals surface area (Å²) in [6, 6.07) is 2.34. The maximum Gasteiger partial charge on any atom is 0.307 e. The van der Waals surface area contributed by atoms with Crippen LogP contribution in [0.5, 0.6) is 0 Å². The molecule has 1 N–H and O–H groups in total. The predicted molar refractivity (Wildman–Crippen MR) is 61.8 cm³/mol. The number of aryl methyl sites for hydroxylation is 2. The number of rotatable bonds is 2. The van der Waals surface area contributed by atoms with Crippen molar-refractivity contribution in [1.29, 1.82) is 0 Å². The summed E-state index contributed by atoms with van der Waals surface area (Å²) in [6.45, 7) is 0. The fraction of sp³-hybridized carbons (Fsp3) is 0.500. The van der Waals surface area contributed by atoms with Crippen LogP contribution in [0, 0.1) is 0 Å². The molecule has 3 rings (SSSR count). The molecule has 2 aliphatic rings. The zero-order valence-corrected chi connectivity index (χ0v) is 9.38. The van der Waals surface area contributed by atoms with Crippen molar-refractivity contribution in [3.05, 3.63) is 33.9 Å². The Balaban J connectivity index is 2.15. The van der Waals surface area contributed by atoms with Crippen LogP contribution >= 0.6 is 0 Å². The minimum Gasteiger partial charge on any atom is -0.481 e. The molecule has 0 amide bonds. The van der Waals surface area contributed by atoms with Gasteiger partial charge < -0.3 is 5.11 Å². The molecule has 0 spiro atoms. The quantitative estimate of drug-likeness (QED) is 0.823. The van der Waals surface area contributed by atoms with Crippen LogP contribution in [-0.2, 0) is 36.9 Å². The van der Waals surface area contributed by atoms with Gasteiger partial charge in [0.25, 0.3) is 0 Å². The van der Waals surface area contributed by atoms with E-state index >= 15 is 0 Å². The fourth-order valence-electron chi connectivity index (χ4n) is 3.30. The second kappa shape index (κ2) is 3.62. The van der Waals surface area contributed by atoms with Crippen molar-refractivity contribution in [2.75, 3.05) is 0 Å². The SMILES string of the molecule is O=C(O)Cc1c2c(cc3c1CCC3)CCC2. The van der Waals surface area contributed by atoms with Crippen LogP contribution in [0.4, 0.5) is 0 Å². The van der Waals surface area contributed by atoms with Crippen molar-refractivity contribution >= 4 is 5.97 Å². The Labute approximate surface area is 95.3 Å². The molecule has 84 valence electrons. The molecule has 0 unspecified atom stereocenters. The Bertz CT molecular complexity index is 428. The zero-order chi connectivity index (χ0) is 11.1. The fourth-order valence-corrected chi connectivity index (χ4v) is 3.30. The first-order chi connectivity index (χ1) is 7.75. The Morgan fingerprint density at radius 1 is 1.06 bits per heavy atom. The van der Waals surface area contributed by atoms with E-state index in [-0.39, 0.29) is 6.42 Å². The van der Waals surface area contributed by atoms with Gasteiger partial charge in [-0.1, -0.05) is 6.07 Å². The predicted octanol–water partition coefficient (Wildman–Crippen LogP) is 2.29. The lowest BCUT2D eigenvalue weighted by Crippen LogP contribution is -2.07. The molecule has 2 heteroatoms. The van der Waals surface area contributed by atoms with Crippen molar-refractivity contribution in [3.8, 4) is 0 Å². The van der Waals surface area contributed by atoms with Gasteiger partial charge in [-0.3, -0.25) is 4.79 Å². The highest BCUT2D eigenvalue weighted by Gasteiger charge is 2.24. The Hall–Kier alpha value is -1.31. The van der Waals surface area contributed by atoms with Gasteiger partial charge in [0.15, 0.2) is 0 Å². The maximum absolute atomic E-state index is 11.0. The molecule has 16 heavy (non-hydrogen) atoms. The maximum atomic E-state index is 11.0. The smallest absolute Gasteiger partial charge is 0.307 e. The summed E-state index contributed by atoms with van der Waals surface area (Å²) in [7, 11) is 0. The molecule has 1 aromatic rings. The minimum atomic E-state index is -0.686. The number of fused-ring (bicyclic) bond motifs is 2. The van der Waals surface area contributed by atoms with Gasteiger partial charge in [0, 0.05) is 0 Å². The Morgan fingerprint density at radius 3 is 2.12 bits per heavy atom. The van der Waals surface area contributed by atoms with Crippen molar-refractivity contribution in [2.45, 2.75) is 44.9 Å². The Morgan fingerprint density at radius 2 is 1.62 bits per heavy atom. The highest BCUT2D eigenvalue weighted by molar-refractivity contribution is 5.72. The summed E-state index contributed by atoms with van der Waals surface area (Å²) >= 11 is 0. The summed E-state index contributed by atoms with van der Waals surface area (Å²) in [5.74, 6) is -0.686. The van der Waals surface area contributed by atoms with Crippen molar-refractivity contribution in [2.24, 2.45) is 0 Å². The number of carbonyl (C=O) groups is 1. The Kier molecular flexibility index (Phi) is 2.23. The van der Waals surface area contributed by atoms with E-state index in [1.165, 1.54) is 35.1 Å². The number of aliphatic carboxylic acids is 1. The van der Waals surface area contributed by atoms with E-state index < -0.39 is 5.97 Å². The van der Waals surface area contributed by atoms with Gasteiger partial charge >= 0.3 is 5.97 Å². The molecule has 0 fully saturated rings. The van der Waals surface area contributed by atoms with Gasteiger partial charge in [-0.25, -0.2) is 0 Å². The van der Waals surface area contributed by atoms with Crippen LogP contribution in [0.1, 0.15) is 40.7 Å². The van der Waals surface area contributed by atoms with Crippen LogP contribution in [0.3, 0.4) is 0 Å². The molecule has 2 nitrogen and oxygen atoms in total. The van der Waals surface area contributed by atoms with Gasteiger partial charge in [0.2, 0.25) is 0 Å². The first-order valence-electron chi connectivity index (χ1n) is 6.13. The third-order valence-electron chi connectivity index (χ3n) is 3.93. The lowest BCUT2D eigenvalue weighted by Gasteiger charge is -2.13. The second-order valence-electron chi connectivity index (χ2n) is 4.91. The van der Waals surface area contributed by atoms with Gasteiger partial charge in [-0.2, -0.15) is 0 Å². The van der Waals surface area contributed by atoms with Crippen molar-refractivity contribution in [1.82, 2.24) is 0 Å². The summed E-state index contributed by atoms with van der Waals surface area (Å²) in [5, 5.41) is 9.03. The van der Waals surface area contributed by atoms with E-state index in [1.54, 1.807) is 0 Å². The summed E-state index contributed by atoms with van der Waals surface area (Å²) < 4.78 is 0. The molecule has 0 heterocycles. The molecule has 0 radical (unpaired) electrons. The topological polar surface area (TPSA) is 37.3 Å². The van der Waals surface area contributed by atoms with Gasteiger partial charge in [-0.05, 0) is 66.3 Å². The number of benzene rings is 1. The highest BCUT2D eigenvalue weighted by Crippen LogP contribution is 2.35. The minimum absolute atomic E-state index is 0.228. The lowest BCUT2D eigenvalue weighted by molar-refractivity contribution is -0.136. The van der Waals surface area contributed by atoms with E-state index in [4.69, 9.17) is 5.11 Å². The van der Waals surface area contributed by atoms with E-state index in [0.29, 0.717) is 0 Å². The van der Waals surface area contributed by atoms with Gasteiger partial charge in [-0.15, -0.1) is 0 Å². The standard InChI is InChI=1S/C14H16O2/c15-14(16)8-13-11-5-1-3-9(11)7-10-4-2-6-12(10)13/h7H,1-6,8H2,(H,15,16). The number of hydrogen-bond donors (Lipinski definition) is 1. The summed E-state index contributed by atoms with van der Waals surface area (Å²) in [5.41, 5.74) is 6.75. The third kappa shape index (κ3) is 1.44. The average Bonchev–Trinajstić information content (AvgIpc) is 2.83. The van der Waals surface area contributed by atoms with E-state index in [1.807, 2.05) is 0 Å². The molecule has 1 aromatic carbocycles. The largest absolute Gasteiger partial charge is 0.481 e. The normalized spacial score (nSPS) is 17.2. The molecule has 0 aliphatic heterocycles. The molecule has 0 saturated carbocycles. The molecule has 0 bridgehead atoms. The summed E-state index contributed by atoms with van der Waals surface area (Å²) in [6.07, 6.45) is 7.10. The average molecular weight is 216 g/mol. The first kappa shape index (κ1) is 9.88. The molecular formula is C14H16O2.